The number of aryl methyl sites for hydroxylation is 1. The van der Waals surface area contributed by atoms with Gasteiger partial charge in [0.05, 0.1) is 33.8 Å². The van der Waals surface area contributed by atoms with Crippen LogP contribution in [0.1, 0.15) is 34.3 Å². The second-order valence-corrected chi connectivity index (χ2v) is 11.5. The van der Waals surface area contributed by atoms with Gasteiger partial charge < -0.3 is 0 Å². The first-order chi connectivity index (χ1) is 18.3. The van der Waals surface area contributed by atoms with Gasteiger partial charge in [-0.25, -0.2) is 13.4 Å². The maximum Gasteiger partial charge on any atom is 0.260 e. The lowest BCUT2D eigenvalue weighted by Crippen LogP contribution is -2.33. The lowest BCUT2D eigenvalue weighted by Gasteiger charge is -2.21. The van der Waals surface area contributed by atoms with E-state index in [-0.39, 0.29) is 36.7 Å². The molecule has 0 spiro atoms. The third-order valence-corrected chi connectivity index (χ3v) is 8.83. The fourth-order valence-electron chi connectivity index (χ4n) is 3.90. The average molecular weight is 544 g/mol. The van der Waals surface area contributed by atoms with Gasteiger partial charge >= 0.3 is 0 Å². The Morgan fingerprint density at radius 2 is 1.61 bits per heavy atom. The molecule has 0 aliphatic heterocycles. The Kier molecular flexibility index (Phi) is 8.49. The average Bonchev–Trinajstić information content (AvgIpc) is 3.35. The summed E-state index contributed by atoms with van der Waals surface area (Å²) in [7, 11) is -3.93. The van der Waals surface area contributed by atoms with Crippen LogP contribution in [0.2, 0.25) is 0 Å². The second-order valence-electron chi connectivity index (χ2n) is 8.59. The highest BCUT2D eigenvalue weighted by atomic mass is 32.2. The van der Waals surface area contributed by atoms with Crippen molar-refractivity contribution in [2.75, 3.05) is 18.0 Å². The Bertz CT molecular complexity index is 1600. The first-order valence-corrected chi connectivity index (χ1v) is 14.2. The van der Waals surface area contributed by atoms with Gasteiger partial charge in [0.15, 0.2) is 5.13 Å². The number of benzene rings is 3. The maximum atomic E-state index is 13.7. The molecule has 38 heavy (non-hydrogen) atoms. The van der Waals surface area contributed by atoms with Crippen molar-refractivity contribution < 1.29 is 13.2 Å². The summed E-state index contributed by atoms with van der Waals surface area (Å²) < 4.78 is 28.4. The highest BCUT2D eigenvalue weighted by molar-refractivity contribution is 7.89. The van der Waals surface area contributed by atoms with Crippen LogP contribution in [0.4, 0.5) is 5.13 Å². The molecule has 0 bridgehead atoms. The van der Waals surface area contributed by atoms with E-state index in [1.165, 1.54) is 35.6 Å². The number of hydrogen-bond donors (Lipinski definition) is 0. The Labute approximate surface area is 226 Å². The molecule has 0 radical (unpaired) electrons. The Hall–Kier alpha value is -4.09. The van der Waals surface area contributed by atoms with Gasteiger partial charge in [-0.3, -0.25) is 9.69 Å². The van der Waals surface area contributed by atoms with Crippen LogP contribution in [0.25, 0.3) is 10.2 Å². The van der Waals surface area contributed by atoms with E-state index in [1.54, 1.807) is 4.90 Å². The molecule has 0 atom stereocenters. The van der Waals surface area contributed by atoms with Crippen molar-refractivity contribution in [2.45, 2.75) is 31.2 Å². The molecule has 0 fully saturated rings. The lowest BCUT2D eigenvalue weighted by molar-refractivity contribution is 0.0985. The molecule has 1 amide bonds. The normalized spacial score (nSPS) is 11.3. The number of sulfonamides is 1. The Morgan fingerprint density at radius 1 is 0.947 bits per heavy atom. The largest absolute Gasteiger partial charge is 0.279 e. The number of carbonyl (C=O) groups is 1. The number of anilines is 1. The Balaban J connectivity index is 1.66. The minimum absolute atomic E-state index is 0.00463. The van der Waals surface area contributed by atoms with Crippen LogP contribution >= 0.6 is 11.3 Å². The predicted octanol–water partition coefficient (Wildman–Crippen LogP) is 5.27. The minimum atomic E-state index is -3.93. The zero-order chi connectivity index (χ0) is 27.1. The van der Waals surface area contributed by atoms with Gasteiger partial charge in [0.1, 0.15) is 0 Å². The summed E-state index contributed by atoms with van der Waals surface area (Å²) in [4.78, 5) is 20.0. The summed E-state index contributed by atoms with van der Waals surface area (Å²) in [5.41, 5.74) is 3.15. The van der Waals surface area contributed by atoms with Crippen LogP contribution in [0.3, 0.4) is 0 Å². The molecule has 1 aromatic heterocycles. The molecule has 192 valence electrons. The standard InChI is InChI=1S/C28H25N5O3S2/c1-21-9-14-25-26(19-21)37-28(31-25)33(20-22-7-3-2-4-8-22)27(34)23-10-12-24(13-11-23)38(35,36)32(17-5-15-29)18-6-16-30/h2-4,7-14,19H,5-6,17-18,20H2,1H3. The van der Waals surface area contributed by atoms with Crippen molar-refractivity contribution in [3.63, 3.8) is 0 Å². The first-order valence-electron chi connectivity index (χ1n) is 11.9. The number of hydrogen-bond acceptors (Lipinski definition) is 7. The SMILES string of the molecule is Cc1ccc2nc(N(Cc3ccccc3)C(=O)c3ccc(S(=O)(=O)N(CCC#N)CCC#N)cc3)sc2c1. The number of fused-ring (bicyclic) bond motifs is 1. The molecular formula is C28H25N5O3S2. The molecule has 0 saturated carbocycles. The van der Waals surface area contributed by atoms with Gasteiger partial charge in [0.2, 0.25) is 10.0 Å². The van der Waals surface area contributed by atoms with Crippen molar-refractivity contribution in [3.05, 3.63) is 89.5 Å². The van der Waals surface area contributed by atoms with Crippen molar-refractivity contribution in [1.82, 2.24) is 9.29 Å². The molecule has 0 unspecified atom stereocenters. The molecule has 3 aromatic carbocycles. The van der Waals surface area contributed by atoms with Gasteiger partial charge in [0.25, 0.3) is 5.91 Å². The molecule has 0 saturated heterocycles. The van der Waals surface area contributed by atoms with Gasteiger partial charge in [-0.05, 0) is 54.4 Å². The predicted molar refractivity (Wildman–Crippen MR) is 147 cm³/mol. The van der Waals surface area contributed by atoms with E-state index in [4.69, 9.17) is 15.5 Å². The minimum Gasteiger partial charge on any atom is -0.279 e. The molecule has 4 aromatic rings. The molecule has 1 heterocycles. The van der Waals surface area contributed by atoms with E-state index in [1.807, 2.05) is 67.6 Å². The van der Waals surface area contributed by atoms with E-state index in [9.17, 15) is 13.2 Å². The van der Waals surface area contributed by atoms with Crippen molar-refractivity contribution in [1.29, 1.82) is 10.5 Å². The molecule has 10 heteroatoms. The van der Waals surface area contributed by atoms with Crippen molar-refractivity contribution in [2.24, 2.45) is 0 Å². The number of carbonyl (C=O) groups excluding carboxylic acids is 1. The molecule has 0 aliphatic rings. The number of thiazole rings is 1. The lowest BCUT2D eigenvalue weighted by atomic mass is 10.1. The monoisotopic (exact) mass is 543 g/mol. The van der Waals surface area contributed by atoms with Gasteiger partial charge in [0, 0.05) is 31.5 Å². The van der Waals surface area contributed by atoms with Crippen LogP contribution in [0, 0.1) is 29.6 Å². The first kappa shape index (κ1) is 27.0. The fraction of sp³-hybridized carbons (Fsp3) is 0.214. The van der Waals surface area contributed by atoms with Crippen LogP contribution in [0.5, 0.6) is 0 Å². The topological polar surface area (TPSA) is 118 Å². The second kappa shape index (κ2) is 12.0. The number of nitriles is 2. The molecule has 8 nitrogen and oxygen atoms in total. The van der Waals surface area contributed by atoms with E-state index < -0.39 is 10.0 Å². The van der Waals surface area contributed by atoms with E-state index in [0.29, 0.717) is 17.2 Å². The van der Waals surface area contributed by atoms with E-state index >= 15 is 0 Å². The summed E-state index contributed by atoms with van der Waals surface area (Å²) in [5, 5.41) is 18.4. The molecule has 0 N–H and O–H groups in total. The van der Waals surface area contributed by atoms with Crippen LogP contribution < -0.4 is 4.90 Å². The molecule has 4 rings (SSSR count). The quantitative estimate of drug-likeness (QED) is 0.269. The summed E-state index contributed by atoms with van der Waals surface area (Å²) in [5.74, 6) is -0.306. The third-order valence-electron chi connectivity index (χ3n) is 5.88. The maximum absolute atomic E-state index is 13.7. The number of aromatic nitrogens is 1. The Morgan fingerprint density at radius 3 is 2.24 bits per heavy atom. The van der Waals surface area contributed by atoms with Gasteiger partial charge in [-0.1, -0.05) is 47.7 Å². The summed E-state index contributed by atoms with van der Waals surface area (Å²) in [6.07, 6.45) is 0.0226. The number of amides is 1. The van der Waals surface area contributed by atoms with Gasteiger partial charge in [-0.15, -0.1) is 0 Å². The van der Waals surface area contributed by atoms with Gasteiger partial charge in [-0.2, -0.15) is 14.8 Å². The summed E-state index contributed by atoms with van der Waals surface area (Å²) in [6.45, 7) is 2.28. The zero-order valence-electron chi connectivity index (χ0n) is 20.7. The van der Waals surface area contributed by atoms with E-state index in [2.05, 4.69) is 0 Å². The smallest absolute Gasteiger partial charge is 0.260 e. The van der Waals surface area contributed by atoms with Crippen LogP contribution in [-0.2, 0) is 16.6 Å². The summed E-state index contributed by atoms with van der Waals surface area (Å²) in [6, 6.07) is 25.1. The van der Waals surface area contributed by atoms with E-state index in [0.717, 1.165) is 25.6 Å². The molecular weight excluding hydrogens is 518 g/mol. The van der Waals surface area contributed by atoms with Crippen LogP contribution in [-0.4, -0.2) is 36.7 Å². The number of nitrogens with zero attached hydrogens (tertiary/aromatic N) is 5. The fourth-order valence-corrected chi connectivity index (χ4v) is 6.41. The third kappa shape index (κ3) is 6.06. The van der Waals surface area contributed by atoms with Crippen LogP contribution in [0.15, 0.2) is 77.7 Å². The zero-order valence-corrected chi connectivity index (χ0v) is 22.4. The van der Waals surface area contributed by atoms with Crippen molar-refractivity contribution in [3.8, 4) is 12.1 Å². The van der Waals surface area contributed by atoms with Crippen molar-refractivity contribution >= 4 is 42.6 Å². The molecule has 0 aliphatic carbocycles. The highest BCUT2D eigenvalue weighted by Gasteiger charge is 2.26. The summed E-state index contributed by atoms with van der Waals surface area (Å²) >= 11 is 1.43. The highest BCUT2D eigenvalue weighted by Crippen LogP contribution is 2.31. The number of rotatable bonds is 10.